The maximum Gasteiger partial charge on any atom is 0.174 e. The van der Waals surface area contributed by atoms with Crippen molar-refractivity contribution in [2.24, 2.45) is 0 Å². The lowest BCUT2D eigenvalue weighted by molar-refractivity contribution is 0.338. The zero-order chi connectivity index (χ0) is 14.7. The van der Waals surface area contributed by atoms with Crippen LogP contribution in [-0.4, -0.2) is 16.5 Å². The SMILES string of the molecule is CSc1nnc(CNC2(c3ccc(Cl)cc3)CCCC2)s1. The number of aromatic nitrogens is 2. The molecule has 1 saturated carbocycles. The van der Waals surface area contributed by atoms with Crippen LogP contribution in [0.15, 0.2) is 28.6 Å². The molecule has 1 fully saturated rings. The fourth-order valence-electron chi connectivity index (χ4n) is 2.95. The van der Waals surface area contributed by atoms with Gasteiger partial charge >= 0.3 is 0 Å². The van der Waals surface area contributed by atoms with Crippen LogP contribution in [0, 0.1) is 0 Å². The highest BCUT2D eigenvalue weighted by Gasteiger charge is 2.35. The highest BCUT2D eigenvalue weighted by Crippen LogP contribution is 2.39. The van der Waals surface area contributed by atoms with Crippen molar-refractivity contribution in [1.82, 2.24) is 15.5 Å². The molecule has 0 radical (unpaired) electrons. The quantitative estimate of drug-likeness (QED) is 0.815. The van der Waals surface area contributed by atoms with E-state index in [2.05, 4.69) is 27.6 Å². The maximum absolute atomic E-state index is 6.02. The standard InChI is InChI=1S/C15H18ClN3S2/c1-20-14-19-18-13(21-14)10-17-15(8-2-3-9-15)11-4-6-12(16)7-5-11/h4-7,17H,2-3,8-10H2,1H3. The van der Waals surface area contributed by atoms with Crippen LogP contribution in [0.5, 0.6) is 0 Å². The molecule has 112 valence electrons. The molecule has 3 rings (SSSR count). The van der Waals surface area contributed by atoms with Gasteiger partial charge in [0.1, 0.15) is 5.01 Å². The minimum absolute atomic E-state index is 0.0653. The molecular weight excluding hydrogens is 322 g/mol. The second-order valence-electron chi connectivity index (χ2n) is 5.32. The van der Waals surface area contributed by atoms with Crippen molar-refractivity contribution in [3.8, 4) is 0 Å². The lowest BCUT2D eigenvalue weighted by atomic mass is 9.88. The van der Waals surface area contributed by atoms with Crippen molar-refractivity contribution in [2.45, 2.75) is 42.1 Å². The molecule has 21 heavy (non-hydrogen) atoms. The van der Waals surface area contributed by atoms with E-state index in [-0.39, 0.29) is 5.54 Å². The van der Waals surface area contributed by atoms with Gasteiger partial charge in [-0.05, 0) is 36.8 Å². The van der Waals surface area contributed by atoms with E-state index in [0.29, 0.717) is 0 Å². The third-order valence-corrected chi connectivity index (χ3v) is 6.21. The van der Waals surface area contributed by atoms with Crippen molar-refractivity contribution in [3.63, 3.8) is 0 Å². The first-order valence-electron chi connectivity index (χ1n) is 7.09. The van der Waals surface area contributed by atoms with Crippen LogP contribution in [0.3, 0.4) is 0 Å². The Bertz CT molecular complexity index is 591. The fraction of sp³-hybridized carbons (Fsp3) is 0.467. The first kappa shape index (κ1) is 15.3. The van der Waals surface area contributed by atoms with Crippen LogP contribution in [0.2, 0.25) is 5.02 Å². The first-order chi connectivity index (χ1) is 10.2. The minimum atomic E-state index is 0.0653. The minimum Gasteiger partial charge on any atom is -0.301 e. The molecule has 0 amide bonds. The van der Waals surface area contributed by atoms with Gasteiger partial charge < -0.3 is 5.32 Å². The molecule has 1 aromatic carbocycles. The highest BCUT2D eigenvalue weighted by atomic mass is 35.5. The molecule has 2 aromatic rings. The van der Waals surface area contributed by atoms with Gasteiger partial charge in [0.05, 0.1) is 6.54 Å². The molecule has 6 heteroatoms. The van der Waals surface area contributed by atoms with Gasteiger partial charge in [0.15, 0.2) is 4.34 Å². The monoisotopic (exact) mass is 339 g/mol. The summed E-state index contributed by atoms with van der Waals surface area (Å²) in [5.74, 6) is 0. The van der Waals surface area contributed by atoms with Gasteiger partial charge in [0, 0.05) is 10.6 Å². The fourth-order valence-corrected chi connectivity index (χ4v) is 4.33. The van der Waals surface area contributed by atoms with Crippen LogP contribution >= 0.6 is 34.7 Å². The van der Waals surface area contributed by atoms with Crippen LogP contribution in [-0.2, 0) is 12.1 Å². The number of hydrogen-bond donors (Lipinski definition) is 1. The number of hydrogen-bond acceptors (Lipinski definition) is 5. The Labute approximate surface area is 138 Å². The predicted octanol–water partition coefficient (Wildman–Crippen LogP) is 4.47. The molecule has 1 aromatic heterocycles. The van der Waals surface area contributed by atoms with Crippen molar-refractivity contribution >= 4 is 34.7 Å². The number of halogens is 1. The molecular formula is C15H18ClN3S2. The lowest BCUT2D eigenvalue weighted by Gasteiger charge is -2.31. The summed E-state index contributed by atoms with van der Waals surface area (Å²) in [6.45, 7) is 0.779. The van der Waals surface area contributed by atoms with Gasteiger partial charge in [0.25, 0.3) is 0 Å². The molecule has 0 atom stereocenters. The molecule has 1 aliphatic rings. The normalized spacial score (nSPS) is 17.2. The number of thioether (sulfide) groups is 1. The Kier molecular flexibility index (Phi) is 4.84. The molecule has 1 aliphatic carbocycles. The third-order valence-electron chi connectivity index (χ3n) is 4.05. The van der Waals surface area contributed by atoms with Gasteiger partial charge in [-0.1, -0.05) is 59.7 Å². The molecule has 3 nitrogen and oxygen atoms in total. The number of rotatable bonds is 5. The van der Waals surface area contributed by atoms with Crippen LogP contribution in [0.25, 0.3) is 0 Å². The molecule has 0 unspecified atom stereocenters. The van der Waals surface area contributed by atoms with Crippen LogP contribution in [0.1, 0.15) is 36.3 Å². The Morgan fingerprint density at radius 3 is 2.57 bits per heavy atom. The summed E-state index contributed by atoms with van der Waals surface area (Å²) in [7, 11) is 0. The smallest absolute Gasteiger partial charge is 0.174 e. The van der Waals surface area contributed by atoms with E-state index in [1.165, 1.54) is 31.2 Å². The van der Waals surface area contributed by atoms with E-state index in [4.69, 9.17) is 11.6 Å². The van der Waals surface area contributed by atoms with Crippen molar-refractivity contribution in [1.29, 1.82) is 0 Å². The summed E-state index contributed by atoms with van der Waals surface area (Å²) in [4.78, 5) is 0. The van der Waals surface area contributed by atoms with Gasteiger partial charge in [-0.3, -0.25) is 0 Å². The Morgan fingerprint density at radius 1 is 1.24 bits per heavy atom. The summed E-state index contributed by atoms with van der Waals surface area (Å²) < 4.78 is 1.03. The average molecular weight is 340 g/mol. The van der Waals surface area contributed by atoms with Crippen molar-refractivity contribution in [3.05, 3.63) is 39.9 Å². The molecule has 0 spiro atoms. The molecule has 0 aliphatic heterocycles. The largest absolute Gasteiger partial charge is 0.301 e. The maximum atomic E-state index is 6.02. The summed E-state index contributed by atoms with van der Waals surface area (Å²) in [6.07, 6.45) is 6.90. The van der Waals surface area contributed by atoms with Gasteiger partial charge in [-0.2, -0.15) is 0 Å². The highest BCUT2D eigenvalue weighted by molar-refractivity contribution is 8.00. The second-order valence-corrected chi connectivity index (χ2v) is 7.87. The lowest BCUT2D eigenvalue weighted by Crippen LogP contribution is -2.39. The van der Waals surface area contributed by atoms with Crippen LogP contribution in [0.4, 0.5) is 0 Å². The second kappa shape index (κ2) is 6.65. The third kappa shape index (κ3) is 3.42. The summed E-state index contributed by atoms with van der Waals surface area (Å²) in [6, 6.07) is 8.26. The van der Waals surface area contributed by atoms with Gasteiger partial charge in [-0.15, -0.1) is 10.2 Å². The number of benzene rings is 1. The predicted molar refractivity (Wildman–Crippen MR) is 90.1 cm³/mol. The molecule has 1 heterocycles. The van der Waals surface area contributed by atoms with Crippen LogP contribution < -0.4 is 5.32 Å². The van der Waals surface area contributed by atoms with E-state index in [0.717, 1.165) is 20.9 Å². The number of nitrogens with one attached hydrogen (secondary N) is 1. The zero-order valence-electron chi connectivity index (χ0n) is 11.9. The number of nitrogens with zero attached hydrogens (tertiary/aromatic N) is 2. The van der Waals surface area contributed by atoms with Gasteiger partial charge in [0.2, 0.25) is 0 Å². The van der Waals surface area contributed by atoms with E-state index < -0.39 is 0 Å². The molecule has 0 bridgehead atoms. The zero-order valence-corrected chi connectivity index (χ0v) is 14.3. The van der Waals surface area contributed by atoms with Crippen molar-refractivity contribution < 1.29 is 0 Å². The molecule has 1 N–H and O–H groups in total. The topological polar surface area (TPSA) is 37.8 Å². The Morgan fingerprint density at radius 2 is 1.95 bits per heavy atom. The van der Waals surface area contributed by atoms with E-state index in [9.17, 15) is 0 Å². The Balaban J connectivity index is 1.76. The average Bonchev–Trinajstić information content (AvgIpc) is 3.16. The van der Waals surface area contributed by atoms with E-state index in [1.807, 2.05) is 18.4 Å². The summed E-state index contributed by atoms with van der Waals surface area (Å²) in [5.41, 5.74) is 1.40. The summed E-state index contributed by atoms with van der Waals surface area (Å²) in [5, 5.41) is 14.0. The van der Waals surface area contributed by atoms with E-state index >= 15 is 0 Å². The summed E-state index contributed by atoms with van der Waals surface area (Å²) >= 11 is 9.33. The molecule has 0 saturated heterocycles. The van der Waals surface area contributed by atoms with E-state index in [1.54, 1.807) is 23.1 Å². The first-order valence-corrected chi connectivity index (χ1v) is 9.51. The van der Waals surface area contributed by atoms with Crippen molar-refractivity contribution in [2.75, 3.05) is 6.26 Å². The van der Waals surface area contributed by atoms with Gasteiger partial charge in [-0.25, -0.2) is 0 Å². The Hall–Kier alpha value is -0.620.